The summed E-state index contributed by atoms with van der Waals surface area (Å²) in [5, 5.41) is 9.50. The lowest BCUT2D eigenvalue weighted by Gasteiger charge is -2.12. The van der Waals surface area contributed by atoms with Crippen molar-refractivity contribution in [3.8, 4) is 5.75 Å². The predicted molar refractivity (Wildman–Crippen MR) is 57.9 cm³/mol. The Hall–Kier alpha value is -0.730. The van der Waals surface area contributed by atoms with Gasteiger partial charge in [-0.25, -0.2) is 0 Å². The number of ether oxygens (including phenoxy) is 1. The molecule has 0 radical (unpaired) electrons. The zero-order valence-corrected chi connectivity index (χ0v) is 9.21. The van der Waals surface area contributed by atoms with Crippen LogP contribution in [0.4, 0.5) is 0 Å². The van der Waals surface area contributed by atoms with Gasteiger partial charge in [0.2, 0.25) is 0 Å². The van der Waals surface area contributed by atoms with Crippen molar-refractivity contribution in [1.82, 2.24) is 0 Å². The zero-order chi connectivity index (χ0) is 10.6. The monoisotopic (exact) mass is 214 g/mol. The number of hydrogen-bond donors (Lipinski definition) is 1. The Balaban J connectivity index is 2.62. The van der Waals surface area contributed by atoms with Crippen molar-refractivity contribution < 1.29 is 9.84 Å². The van der Waals surface area contributed by atoms with Gasteiger partial charge in [-0.2, -0.15) is 0 Å². The highest BCUT2D eigenvalue weighted by Gasteiger charge is 2.04. The van der Waals surface area contributed by atoms with Crippen LogP contribution in [0.1, 0.15) is 12.5 Å². The SMILES string of the molecule is Cc1ccc(Cl)cc1OCC(C)CO. The van der Waals surface area contributed by atoms with Crippen molar-refractivity contribution in [3.05, 3.63) is 28.8 Å². The van der Waals surface area contributed by atoms with Crippen LogP contribution in [0.3, 0.4) is 0 Å². The Bertz CT molecular complexity index is 299. The third kappa shape index (κ3) is 3.20. The Morgan fingerprint density at radius 3 is 2.86 bits per heavy atom. The second-order valence-electron chi connectivity index (χ2n) is 3.51. The average molecular weight is 215 g/mol. The number of benzene rings is 1. The van der Waals surface area contributed by atoms with E-state index in [9.17, 15) is 0 Å². The first-order valence-electron chi connectivity index (χ1n) is 4.63. The molecule has 3 heteroatoms. The predicted octanol–water partition coefficient (Wildman–Crippen LogP) is 2.66. The molecule has 0 aliphatic carbocycles. The molecule has 0 spiro atoms. The van der Waals surface area contributed by atoms with E-state index in [0.29, 0.717) is 11.6 Å². The molecule has 1 unspecified atom stereocenters. The van der Waals surface area contributed by atoms with Crippen LogP contribution in [-0.4, -0.2) is 18.3 Å². The van der Waals surface area contributed by atoms with Crippen LogP contribution >= 0.6 is 11.6 Å². The van der Waals surface area contributed by atoms with E-state index in [0.717, 1.165) is 11.3 Å². The lowest BCUT2D eigenvalue weighted by molar-refractivity contribution is 0.174. The summed E-state index contributed by atoms with van der Waals surface area (Å²) in [6, 6.07) is 5.54. The molecule has 14 heavy (non-hydrogen) atoms. The van der Waals surface area contributed by atoms with E-state index in [4.69, 9.17) is 21.4 Å². The maximum Gasteiger partial charge on any atom is 0.123 e. The van der Waals surface area contributed by atoms with Gasteiger partial charge in [-0.15, -0.1) is 0 Å². The molecule has 0 saturated heterocycles. The largest absolute Gasteiger partial charge is 0.493 e. The minimum absolute atomic E-state index is 0.139. The van der Waals surface area contributed by atoms with Gasteiger partial charge in [0.1, 0.15) is 5.75 Å². The van der Waals surface area contributed by atoms with Gasteiger partial charge in [-0.05, 0) is 24.6 Å². The smallest absolute Gasteiger partial charge is 0.123 e. The van der Waals surface area contributed by atoms with Crippen molar-refractivity contribution in [3.63, 3.8) is 0 Å². The quantitative estimate of drug-likeness (QED) is 0.835. The fraction of sp³-hybridized carbons (Fsp3) is 0.455. The average Bonchev–Trinajstić information content (AvgIpc) is 2.19. The van der Waals surface area contributed by atoms with E-state index in [1.54, 1.807) is 6.07 Å². The Morgan fingerprint density at radius 1 is 1.50 bits per heavy atom. The summed E-state index contributed by atoms with van der Waals surface area (Å²) >= 11 is 5.84. The van der Waals surface area contributed by atoms with Gasteiger partial charge in [0.05, 0.1) is 6.61 Å². The van der Waals surface area contributed by atoms with Crippen LogP contribution in [0, 0.1) is 12.8 Å². The zero-order valence-electron chi connectivity index (χ0n) is 8.46. The van der Waals surface area contributed by atoms with Crippen LogP contribution in [0.5, 0.6) is 5.75 Å². The minimum Gasteiger partial charge on any atom is -0.493 e. The molecule has 1 rings (SSSR count). The van der Waals surface area contributed by atoms with Crippen molar-refractivity contribution >= 4 is 11.6 Å². The molecule has 0 amide bonds. The summed E-state index contributed by atoms with van der Waals surface area (Å²) in [6.07, 6.45) is 0. The number of aliphatic hydroxyl groups excluding tert-OH is 1. The molecule has 1 aromatic carbocycles. The van der Waals surface area contributed by atoms with Gasteiger partial charge in [0, 0.05) is 17.5 Å². The molecule has 0 aliphatic heterocycles. The Labute approximate surface area is 89.5 Å². The van der Waals surface area contributed by atoms with Crippen LogP contribution in [0.15, 0.2) is 18.2 Å². The molecular weight excluding hydrogens is 200 g/mol. The number of hydrogen-bond acceptors (Lipinski definition) is 2. The molecule has 2 nitrogen and oxygen atoms in total. The van der Waals surface area contributed by atoms with Gasteiger partial charge < -0.3 is 9.84 Å². The summed E-state index contributed by atoms with van der Waals surface area (Å²) in [7, 11) is 0. The molecule has 0 bridgehead atoms. The molecule has 0 aliphatic rings. The first-order valence-corrected chi connectivity index (χ1v) is 5.01. The first kappa shape index (κ1) is 11.3. The van der Waals surface area contributed by atoms with E-state index in [1.807, 2.05) is 26.0 Å². The summed E-state index contributed by atoms with van der Waals surface area (Å²) in [5.41, 5.74) is 1.06. The van der Waals surface area contributed by atoms with Crippen LogP contribution in [0.2, 0.25) is 5.02 Å². The lowest BCUT2D eigenvalue weighted by Crippen LogP contribution is -2.12. The van der Waals surface area contributed by atoms with E-state index >= 15 is 0 Å². The molecule has 0 saturated carbocycles. The highest BCUT2D eigenvalue weighted by atomic mass is 35.5. The lowest BCUT2D eigenvalue weighted by atomic mass is 10.2. The maximum atomic E-state index is 8.83. The van der Waals surface area contributed by atoms with Gasteiger partial charge >= 0.3 is 0 Å². The van der Waals surface area contributed by atoms with E-state index in [-0.39, 0.29) is 12.5 Å². The van der Waals surface area contributed by atoms with E-state index in [2.05, 4.69) is 0 Å². The fourth-order valence-electron chi connectivity index (χ4n) is 1.01. The summed E-state index contributed by atoms with van der Waals surface area (Å²) in [4.78, 5) is 0. The molecule has 0 aromatic heterocycles. The molecule has 1 N–H and O–H groups in total. The second-order valence-corrected chi connectivity index (χ2v) is 3.95. The third-order valence-corrected chi connectivity index (χ3v) is 2.22. The standard InChI is InChI=1S/C11H15ClO2/c1-8(6-13)7-14-11-5-10(12)4-3-9(11)2/h3-5,8,13H,6-7H2,1-2H3. The minimum atomic E-state index is 0.139. The van der Waals surface area contributed by atoms with Crippen molar-refractivity contribution in [2.75, 3.05) is 13.2 Å². The van der Waals surface area contributed by atoms with Crippen molar-refractivity contribution in [2.45, 2.75) is 13.8 Å². The van der Waals surface area contributed by atoms with E-state index < -0.39 is 0 Å². The number of aryl methyl sites for hydroxylation is 1. The Morgan fingerprint density at radius 2 is 2.21 bits per heavy atom. The number of halogens is 1. The normalized spacial score (nSPS) is 12.6. The number of aliphatic hydroxyl groups is 1. The van der Waals surface area contributed by atoms with Crippen LogP contribution < -0.4 is 4.74 Å². The van der Waals surface area contributed by atoms with Gasteiger partial charge in [-0.3, -0.25) is 0 Å². The fourth-order valence-corrected chi connectivity index (χ4v) is 1.18. The second kappa shape index (κ2) is 5.23. The van der Waals surface area contributed by atoms with Crippen LogP contribution in [-0.2, 0) is 0 Å². The summed E-state index contributed by atoms with van der Waals surface area (Å²) in [5.74, 6) is 0.936. The molecule has 0 fully saturated rings. The molecule has 1 aromatic rings. The topological polar surface area (TPSA) is 29.5 Å². The summed E-state index contributed by atoms with van der Waals surface area (Å²) < 4.78 is 5.53. The van der Waals surface area contributed by atoms with Gasteiger partial charge in [0.15, 0.2) is 0 Å². The van der Waals surface area contributed by atoms with Crippen molar-refractivity contribution in [1.29, 1.82) is 0 Å². The highest BCUT2D eigenvalue weighted by Crippen LogP contribution is 2.22. The maximum absolute atomic E-state index is 8.83. The highest BCUT2D eigenvalue weighted by molar-refractivity contribution is 6.30. The van der Waals surface area contributed by atoms with Gasteiger partial charge in [0.25, 0.3) is 0 Å². The number of rotatable bonds is 4. The molecular formula is C11H15ClO2. The molecule has 78 valence electrons. The third-order valence-electron chi connectivity index (χ3n) is 1.99. The molecule has 0 heterocycles. The first-order chi connectivity index (χ1) is 6.63. The summed E-state index contributed by atoms with van der Waals surface area (Å²) in [6.45, 7) is 4.55. The van der Waals surface area contributed by atoms with E-state index in [1.165, 1.54) is 0 Å². The Kier molecular flexibility index (Phi) is 4.23. The van der Waals surface area contributed by atoms with Crippen LogP contribution in [0.25, 0.3) is 0 Å². The van der Waals surface area contributed by atoms with Gasteiger partial charge in [-0.1, -0.05) is 24.6 Å². The van der Waals surface area contributed by atoms with Crippen molar-refractivity contribution in [2.24, 2.45) is 5.92 Å². The molecule has 1 atom stereocenters.